The zero-order valence-electron chi connectivity index (χ0n) is 14.0. The van der Waals surface area contributed by atoms with Gasteiger partial charge in [0.1, 0.15) is 11.9 Å². The number of halogens is 1. The summed E-state index contributed by atoms with van der Waals surface area (Å²) >= 11 is 0.999. The fourth-order valence-electron chi connectivity index (χ4n) is 2.42. The van der Waals surface area contributed by atoms with Gasteiger partial charge in [0.25, 0.3) is 0 Å². The van der Waals surface area contributed by atoms with Crippen molar-refractivity contribution in [3.05, 3.63) is 29.0 Å². The second-order valence-corrected chi connectivity index (χ2v) is 6.66. The van der Waals surface area contributed by atoms with E-state index in [-0.39, 0.29) is 40.4 Å². The Morgan fingerprint density at radius 1 is 1.38 bits per heavy atom. The molecule has 1 saturated heterocycles. The van der Waals surface area contributed by atoms with Crippen LogP contribution in [-0.2, 0) is 9.53 Å². The highest BCUT2D eigenvalue weighted by atomic mass is 32.1. The Bertz CT molecular complexity index is 885. The molecular formula is C16H15FN4O4S. The van der Waals surface area contributed by atoms with Crippen molar-refractivity contribution in [2.45, 2.75) is 20.0 Å². The number of hydrogen-bond acceptors (Lipinski definition) is 7. The van der Waals surface area contributed by atoms with Crippen molar-refractivity contribution in [1.29, 1.82) is 0 Å². The molecule has 1 atom stereocenters. The maximum absolute atomic E-state index is 14.5. The third-order valence-electron chi connectivity index (χ3n) is 3.67. The SMILES string of the molecule is CC(=O)NC[C@H]1CN(c2ccc(-c3nnc(C(C)=O)s3)c(F)c2)C(=O)O1. The van der Waals surface area contributed by atoms with Crippen LogP contribution in [0.25, 0.3) is 10.6 Å². The van der Waals surface area contributed by atoms with E-state index in [1.807, 2.05) is 0 Å². The molecule has 1 N–H and O–H groups in total. The summed E-state index contributed by atoms with van der Waals surface area (Å²) in [7, 11) is 0. The first-order chi connectivity index (χ1) is 12.3. The largest absolute Gasteiger partial charge is 0.442 e. The number of nitrogens with one attached hydrogen (secondary N) is 1. The number of hydrogen-bond donors (Lipinski definition) is 1. The molecule has 0 bridgehead atoms. The molecule has 3 rings (SSSR count). The number of rotatable bonds is 5. The van der Waals surface area contributed by atoms with E-state index >= 15 is 0 Å². The molecule has 1 aromatic heterocycles. The maximum atomic E-state index is 14.5. The first kappa shape index (κ1) is 17.9. The van der Waals surface area contributed by atoms with Crippen LogP contribution in [0.1, 0.15) is 23.6 Å². The Labute approximate surface area is 152 Å². The van der Waals surface area contributed by atoms with Gasteiger partial charge in [0, 0.05) is 19.4 Å². The molecule has 1 fully saturated rings. The van der Waals surface area contributed by atoms with E-state index in [1.54, 1.807) is 6.07 Å². The minimum atomic E-state index is -0.609. The maximum Gasteiger partial charge on any atom is 0.414 e. The average molecular weight is 378 g/mol. The number of anilines is 1. The minimum absolute atomic E-state index is 0.191. The highest BCUT2D eigenvalue weighted by Gasteiger charge is 2.32. The van der Waals surface area contributed by atoms with Gasteiger partial charge in [0.05, 0.1) is 18.8 Å². The molecule has 1 aromatic carbocycles. The van der Waals surface area contributed by atoms with Crippen LogP contribution in [0, 0.1) is 5.82 Å². The highest BCUT2D eigenvalue weighted by Crippen LogP contribution is 2.30. The van der Waals surface area contributed by atoms with Crippen molar-refractivity contribution in [3.63, 3.8) is 0 Å². The van der Waals surface area contributed by atoms with Gasteiger partial charge in [-0.1, -0.05) is 11.3 Å². The van der Waals surface area contributed by atoms with Crippen LogP contribution in [0.3, 0.4) is 0 Å². The second kappa shape index (κ2) is 7.16. The Hall–Kier alpha value is -2.88. The van der Waals surface area contributed by atoms with E-state index in [1.165, 1.54) is 30.9 Å². The molecule has 0 spiro atoms. The summed E-state index contributed by atoms with van der Waals surface area (Å²) in [5, 5.41) is 10.6. The monoisotopic (exact) mass is 378 g/mol. The number of aromatic nitrogens is 2. The van der Waals surface area contributed by atoms with E-state index in [2.05, 4.69) is 15.5 Å². The second-order valence-electron chi connectivity index (χ2n) is 5.69. The number of carbonyl (C=O) groups excluding carboxylic acids is 3. The number of Topliss-reactive ketones (excluding diaryl/α,β-unsaturated/α-hetero) is 1. The van der Waals surface area contributed by atoms with Crippen molar-refractivity contribution < 1.29 is 23.5 Å². The van der Waals surface area contributed by atoms with Gasteiger partial charge in [0.15, 0.2) is 15.8 Å². The third-order valence-corrected chi connectivity index (χ3v) is 4.73. The van der Waals surface area contributed by atoms with Crippen molar-refractivity contribution in [2.24, 2.45) is 0 Å². The van der Waals surface area contributed by atoms with Gasteiger partial charge in [-0.3, -0.25) is 14.5 Å². The molecule has 2 aromatic rings. The molecule has 8 nitrogen and oxygen atoms in total. The minimum Gasteiger partial charge on any atom is -0.442 e. The number of benzene rings is 1. The highest BCUT2D eigenvalue weighted by molar-refractivity contribution is 7.16. The number of amides is 2. The van der Waals surface area contributed by atoms with Crippen LogP contribution < -0.4 is 10.2 Å². The predicted octanol–water partition coefficient (Wildman–Crippen LogP) is 2.01. The van der Waals surface area contributed by atoms with E-state index in [9.17, 15) is 18.8 Å². The van der Waals surface area contributed by atoms with Gasteiger partial charge in [-0.05, 0) is 18.2 Å². The first-order valence-electron chi connectivity index (χ1n) is 7.72. The van der Waals surface area contributed by atoms with Crippen LogP contribution in [0.2, 0.25) is 0 Å². The van der Waals surface area contributed by atoms with Crippen molar-refractivity contribution >= 4 is 34.8 Å². The number of ether oxygens (including phenoxy) is 1. The summed E-state index contributed by atoms with van der Waals surface area (Å²) in [6, 6.07) is 4.24. The molecule has 2 heterocycles. The van der Waals surface area contributed by atoms with Gasteiger partial charge >= 0.3 is 6.09 Å². The molecule has 2 amide bonds. The third kappa shape index (κ3) is 3.69. The molecule has 0 unspecified atom stereocenters. The lowest BCUT2D eigenvalue weighted by Gasteiger charge is -2.14. The van der Waals surface area contributed by atoms with Crippen molar-refractivity contribution in [3.8, 4) is 10.6 Å². The lowest BCUT2D eigenvalue weighted by molar-refractivity contribution is -0.119. The van der Waals surface area contributed by atoms with Gasteiger partial charge in [-0.25, -0.2) is 9.18 Å². The van der Waals surface area contributed by atoms with E-state index in [4.69, 9.17) is 4.74 Å². The molecule has 136 valence electrons. The van der Waals surface area contributed by atoms with Gasteiger partial charge in [-0.2, -0.15) is 0 Å². The van der Waals surface area contributed by atoms with Gasteiger partial charge in [0.2, 0.25) is 5.91 Å². The summed E-state index contributed by atoms with van der Waals surface area (Å²) in [6.45, 7) is 3.12. The quantitative estimate of drug-likeness (QED) is 0.799. The van der Waals surface area contributed by atoms with Gasteiger partial charge in [-0.15, -0.1) is 10.2 Å². The molecule has 0 radical (unpaired) electrons. The summed E-state index contributed by atoms with van der Waals surface area (Å²) in [5.74, 6) is -1.06. The molecule has 0 saturated carbocycles. The number of cyclic esters (lactones) is 1. The Morgan fingerprint density at radius 2 is 2.15 bits per heavy atom. The Balaban J connectivity index is 1.77. The molecule has 26 heavy (non-hydrogen) atoms. The van der Waals surface area contributed by atoms with E-state index < -0.39 is 18.0 Å². The average Bonchev–Trinajstić information content (AvgIpc) is 3.20. The lowest BCUT2D eigenvalue weighted by Crippen LogP contribution is -2.33. The van der Waals surface area contributed by atoms with Crippen molar-refractivity contribution in [1.82, 2.24) is 15.5 Å². The fourth-order valence-corrected chi connectivity index (χ4v) is 3.18. The number of carbonyl (C=O) groups is 3. The zero-order chi connectivity index (χ0) is 18.8. The Morgan fingerprint density at radius 3 is 2.77 bits per heavy atom. The summed E-state index contributed by atoms with van der Waals surface area (Å²) in [4.78, 5) is 35.5. The van der Waals surface area contributed by atoms with E-state index in [0.717, 1.165) is 11.3 Å². The van der Waals surface area contributed by atoms with Crippen LogP contribution in [-0.4, -0.2) is 47.2 Å². The molecule has 1 aliphatic heterocycles. The number of ketones is 1. The molecule has 0 aliphatic carbocycles. The fraction of sp³-hybridized carbons (Fsp3) is 0.312. The van der Waals surface area contributed by atoms with E-state index in [0.29, 0.717) is 5.69 Å². The molecule has 1 aliphatic rings. The normalized spacial score (nSPS) is 16.5. The van der Waals surface area contributed by atoms with Gasteiger partial charge < -0.3 is 10.1 Å². The van der Waals surface area contributed by atoms with Crippen LogP contribution in [0.5, 0.6) is 0 Å². The van der Waals surface area contributed by atoms with Crippen LogP contribution >= 0.6 is 11.3 Å². The molecule has 10 heteroatoms. The van der Waals surface area contributed by atoms with Crippen molar-refractivity contribution in [2.75, 3.05) is 18.0 Å². The smallest absolute Gasteiger partial charge is 0.414 e. The number of nitrogens with zero attached hydrogens (tertiary/aromatic N) is 3. The summed E-state index contributed by atoms with van der Waals surface area (Å²) in [6.07, 6.45) is -1.11. The van der Waals surface area contributed by atoms with Crippen LogP contribution in [0.4, 0.5) is 14.9 Å². The first-order valence-corrected chi connectivity index (χ1v) is 8.53. The summed E-state index contributed by atoms with van der Waals surface area (Å²) < 4.78 is 19.7. The Kier molecular flexibility index (Phi) is 4.94. The summed E-state index contributed by atoms with van der Waals surface area (Å²) in [5.41, 5.74) is 0.527. The topological polar surface area (TPSA) is 101 Å². The van der Waals surface area contributed by atoms with Crippen LogP contribution in [0.15, 0.2) is 18.2 Å². The lowest BCUT2D eigenvalue weighted by atomic mass is 10.2. The predicted molar refractivity (Wildman–Crippen MR) is 91.6 cm³/mol. The molecular weight excluding hydrogens is 363 g/mol. The zero-order valence-corrected chi connectivity index (χ0v) is 14.8. The standard InChI is InChI=1S/C16H15FN4O4S/c1-8(22)14-19-20-15(26-14)12-4-3-10(5-13(12)17)21-7-11(25-16(21)24)6-18-9(2)23/h3-5,11H,6-7H2,1-2H3,(H,18,23)/t11-/m0/s1.